The summed E-state index contributed by atoms with van der Waals surface area (Å²) in [5, 5.41) is 4.11. The van der Waals surface area contributed by atoms with E-state index in [-0.39, 0.29) is 0 Å². The van der Waals surface area contributed by atoms with Crippen LogP contribution in [0.25, 0.3) is 11.3 Å². The molecule has 0 aliphatic heterocycles. The van der Waals surface area contributed by atoms with Gasteiger partial charge in [-0.1, -0.05) is 44.2 Å². The zero-order chi connectivity index (χ0) is 13.7. The average molecular weight is 275 g/mol. The number of hydrogen-bond acceptors (Lipinski definition) is 4. The van der Waals surface area contributed by atoms with Crippen molar-refractivity contribution < 1.29 is 0 Å². The molecule has 0 aliphatic carbocycles. The monoisotopic (exact) mass is 275 g/mol. The Morgan fingerprint density at radius 1 is 1.26 bits per heavy atom. The van der Waals surface area contributed by atoms with E-state index < -0.39 is 0 Å². The molecule has 0 saturated carbocycles. The molecule has 1 aromatic heterocycles. The number of anilines is 1. The largest absolute Gasteiger partial charge is 0.375 e. The van der Waals surface area contributed by atoms with Crippen molar-refractivity contribution in [1.29, 1.82) is 0 Å². The summed E-state index contributed by atoms with van der Waals surface area (Å²) in [6.07, 6.45) is 0.978. The molecular weight excluding hydrogens is 254 g/mol. The van der Waals surface area contributed by atoms with Crippen LogP contribution in [-0.4, -0.2) is 18.1 Å². The van der Waals surface area contributed by atoms with Gasteiger partial charge >= 0.3 is 0 Å². The van der Waals surface area contributed by atoms with Gasteiger partial charge in [0.25, 0.3) is 0 Å². The van der Waals surface area contributed by atoms with Gasteiger partial charge in [0, 0.05) is 17.0 Å². The van der Waals surface area contributed by atoms with Gasteiger partial charge in [-0.25, -0.2) is 4.98 Å². The van der Waals surface area contributed by atoms with Gasteiger partial charge < -0.3 is 11.1 Å². The fourth-order valence-electron chi connectivity index (χ4n) is 1.95. The van der Waals surface area contributed by atoms with E-state index >= 15 is 0 Å². The Balaban J connectivity index is 2.05. The van der Waals surface area contributed by atoms with E-state index in [1.165, 1.54) is 4.88 Å². The van der Waals surface area contributed by atoms with Crippen LogP contribution < -0.4 is 11.1 Å². The predicted molar refractivity (Wildman–Crippen MR) is 83.4 cm³/mol. The molecule has 0 saturated heterocycles. The molecule has 0 spiro atoms. The lowest BCUT2D eigenvalue weighted by Gasteiger charge is -2.07. The lowest BCUT2D eigenvalue weighted by atomic mass is 10.1. The van der Waals surface area contributed by atoms with E-state index in [0.29, 0.717) is 11.0 Å². The molecule has 102 valence electrons. The van der Waals surface area contributed by atoms with Crippen LogP contribution in [0.4, 0.5) is 5.13 Å². The van der Waals surface area contributed by atoms with Crippen LogP contribution in [-0.2, 0) is 6.42 Å². The van der Waals surface area contributed by atoms with Crippen molar-refractivity contribution in [3.05, 3.63) is 35.2 Å². The van der Waals surface area contributed by atoms with E-state index in [4.69, 9.17) is 5.73 Å². The van der Waals surface area contributed by atoms with Crippen LogP contribution in [0.5, 0.6) is 0 Å². The molecule has 0 amide bonds. The van der Waals surface area contributed by atoms with Gasteiger partial charge in [0.1, 0.15) is 0 Å². The lowest BCUT2D eigenvalue weighted by molar-refractivity contribution is 0.555. The fourth-order valence-corrected chi connectivity index (χ4v) is 2.81. The number of nitrogens with two attached hydrogens (primary N) is 1. The highest BCUT2D eigenvalue weighted by Crippen LogP contribution is 2.29. The van der Waals surface area contributed by atoms with Gasteiger partial charge in [-0.05, 0) is 18.9 Å². The number of nitrogens with zero attached hydrogens (tertiary/aromatic N) is 1. The highest BCUT2D eigenvalue weighted by Gasteiger charge is 2.11. The minimum absolute atomic E-state index is 0.651. The van der Waals surface area contributed by atoms with Crippen LogP contribution in [0, 0.1) is 5.92 Å². The quantitative estimate of drug-likeness (QED) is 0.796. The minimum atomic E-state index is 0.651. The number of benzene rings is 1. The second-order valence-corrected chi connectivity index (χ2v) is 6.15. The summed E-state index contributed by atoms with van der Waals surface area (Å²) in [5.41, 5.74) is 8.04. The molecule has 3 N–H and O–H groups in total. The number of hydrogen-bond donors (Lipinski definition) is 2. The van der Waals surface area contributed by atoms with Crippen molar-refractivity contribution in [1.82, 2.24) is 10.3 Å². The van der Waals surface area contributed by atoms with Crippen LogP contribution in [0.3, 0.4) is 0 Å². The number of rotatable bonds is 6. The summed E-state index contributed by atoms with van der Waals surface area (Å²) >= 11 is 1.59. The van der Waals surface area contributed by atoms with Gasteiger partial charge in [0.15, 0.2) is 5.13 Å². The molecule has 0 unspecified atom stereocenters. The summed E-state index contributed by atoms with van der Waals surface area (Å²) < 4.78 is 0. The molecule has 4 heteroatoms. The Hall–Kier alpha value is -1.39. The zero-order valence-corrected chi connectivity index (χ0v) is 12.3. The second kappa shape index (κ2) is 6.68. The molecule has 0 radical (unpaired) electrons. The van der Waals surface area contributed by atoms with Gasteiger partial charge in [0.2, 0.25) is 0 Å². The van der Waals surface area contributed by atoms with E-state index in [0.717, 1.165) is 30.8 Å². The van der Waals surface area contributed by atoms with E-state index in [1.54, 1.807) is 11.3 Å². The van der Waals surface area contributed by atoms with Gasteiger partial charge in [-0.2, -0.15) is 0 Å². The SMILES string of the molecule is CC(C)CNCCc1sc(N)nc1-c1ccccc1. The Bertz CT molecular complexity index is 505. The van der Waals surface area contributed by atoms with Crippen molar-refractivity contribution in [3.63, 3.8) is 0 Å². The molecule has 3 nitrogen and oxygen atoms in total. The number of aromatic nitrogens is 1. The number of nitrogen functional groups attached to an aromatic ring is 1. The Morgan fingerprint density at radius 2 is 2.00 bits per heavy atom. The molecule has 2 aromatic rings. The van der Waals surface area contributed by atoms with Crippen molar-refractivity contribution in [2.75, 3.05) is 18.8 Å². The van der Waals surface area contributed by atoms with Crippen LogP contribution in [0.15, 0.2) is 30.3 Å². The number of nitrogens with one attached hydrogen (secondary N) is 1. The minimum Gasteiger partial charge on any atom is -0.375 e. The van der Waals surface area contributed by atoms with Crippen molar-refractivity contribution in [3.8, 4) is 11.3 Å². The molecule has 19 heavy (non-hydrogen) atoms. The van der Waals surface area contributed by atoms with Crippen LogP contribution in [0.1, 0.15) is 18.7 Å². The standard InChI is InChI=1S/C15H21N3S/c1-11(2)10-17-9-8-13-14(18-15(16)19-13)12-6-4-3-5-7-12/h3-7,11,17H,8-10H2,1-2H3,(H2,16,18). The predicted octanol–water partition coefficient (Wildman–Crippen LogP) is 3.18. The summed E-state index contributed by atoms with van der Waals surface area (Å²) in [4.78, 5) is 5.73. The molecule has 0 atom stereocenters. The summed E-state index contributed by atoms with van der Waals surface area (Å²) in [5.74, 6) is 0.681. The smallest absolute Gasteiger partial charge is 0.180 e. The van der Waals surface area contributed by atoms with Gasteiger partial charge in [-0.15, -0.1) is 11.3 Å². The van der Waals surface area contributed by atoms with Crippen molar-refractivity contribution in [2.45, 2.75) is 20.3 Å². The molecule has 0 bridgehead atoms. The third-order valence-corrected chi connectivity index (χ3v) is 3.79. The Morgan fingerprint density at radius 3 is 2.68 bits per heavy atom. The fraction of sp³-hybridized carbons (Fsp3) is 0.400. The maximum atomic E-state index is 5.86. The van der Waals surface area contributed by atoms with Crippen molar-refractivity contribution in [2.24, 2.45) is 5.92 Å². The molecule has 1 aromatic carbocycles. The molecule has 0 aliphatic rings. The topological polar surface area (TPSA) is 50.9 Å². The maximum Gasteiger partial charge on any atom is 0.180 e. The number of thiazole rings is 1. The molecule has 1 heterocycles. The van der Waals surface area contributed by atoms with Gasteiger partial charge in [-0.3, -0.25) is 0 Å². The Kier molecular flexibility index (Phi) is 4.93. The first-order valence-corrected chi connectivity index (χ1v) is 7.49. The van der Waals surface area contributed by atoms with Crippen molar-refractivity contribution >= 4 is 16.5 Å². The third-order valence-electron chi connectivity index (χ3n) is 2.84. The normalized spacial score (nSPS) is 11.1. The highest BCUT2D eigenvalue weighted by molar-refractivity contribution is 7.15. The summed E-state index contributed by atoms with van der Waals surface area (Å²) in [6.45, 7) is 6.45. The third kappa shape index (κ3) is 4.04. The van der Waals surface area contributed by atoms with Crippen LogP contribution in [0.2, 0.25) is 0 Å². The second-order valence-electron chi connectivity index (χ2n) is 5.04. The lowest BCUT2D eigenvalue weighted by Crippen LogP contribution is -2.22. The maximum absolute atomic E-state index is 5.86. The summed E-state index contributed by atoms with van der Waals surface area (Å²) in [6, 6.07) is 10.2. The van der Waals surface area contributed by atoms with E-state index in [9.17, 15) is 0 Å². The first-order chi connectivity index (χ1) is 9.16. The molecule has 0 fully saturated rings. The van der Waals surface area contributed by atoms with Gasteiger partial charge in [0.05, 0.1) is 5.69 Å². The van der Waals surface area contributed by atoms with E-state index in [1.807, 2.05) is 18.2 Å². The van der Waals surface area contributed by atoms with E-state index in [2.05, 4.69) is 36.3 Å². The zero-order valence-electron chi connectivity index (χ0n) is 11.5. The summed E-state index contributed by atoms with van der Waals surface area (Å²) in [7, 11) is 0. The first-order valence-electron chi connectivity index (χ1n) is 6.68. The first kappa shape index (κ1) is 14.0. The average Bonchev–Trinajstić information content (AvgIpc) is 2.77. The highest BCUT2D eigenvalue weighted by atomic mass is 32.1. The molecule has 2 rings (SSSR count). The molecular formula is C15H21N3S. The Labute approximate surface area is 118 Å². The van der Waals surface area contributed by atoms with Crippen LogP contribution >= 0.6 is 11.3 Å².